The first kappa shape index (κ1) is 132. The van der Waals surface area contributed by atoms with Crippen molar-refractivity contribution in [1.82, 2.24) is 0 Å². The molecule has 0 aliphatic rings. The lowest BCUT2D eigenvalue weighted by Gasteiger charge is -1.90. The van der Waals surface area contributed by atoms with Crippen molar-refractivity contribution in [2.45, 2.75) is 167 Å². The quantitative estimate of drug-likeness (QED) is 0.0328. The maximum absolute atomic E-state index is 4.80. The molecule has 16 heteroatoms. The topological polar surface area (TPSA) is 148 Å². The second-order valence-electron chi connectivity index (χ2n) is 17.3. The second kappa shape index (κ2) is 205. The van der Waals surface area contributed by atoms with Crippen molar-refractivity contribution in [3.8, 4) is 0 Å². The molecule has 98 heavy (non-hydrogen) atoms. The van der Waals surface area contributed by atoms with Gasteiger partial charge in [0.2, 0.25) is 0 Å². The van der Waals surface area contributed by atoms with E-state index in [-0.39, 0.29) is 0 Å². The first-order chi connectivity index (χ1) is 47.6. The summed E-state index contributed by atoms with van der Waals surface area (Å²) in [4.78, 5) is 0. The van der Waals surface area contributed by atoms with Gasteiger partial charge in [-0.3, -0.25) is 0 Å². The van der Waals surface area contributed by atoms with Crippen molar-refractivity contribution in [3.05, 3.63) is 198 Å². The van der Waals surface area contributed by atoms with Gasteiger partial charge >= 0.3 is 0 Å². The van der Waals surface area contributed by atoms with E-state index < -0.39 is 0 Å². The summed E-state index contributed by atoms with van der Waals surface area (Å²) < 4.78 is 74.4. The van der Waals surface area contributed by atoms with E-state index in [1.165, 1.54) is 19.1 Å². The van der Waals surface area contributed by atoms with Crippen LogP contribution in [0.25, 0.3) is 0 Å². The Kier molecular flexibility index (Phi) is 276. The largest absolute Gasteiger partial charge is 0.505 e. The minimum atomic E-state index is 0.653. The molecule has 0 amide bonds. The Balaban J connectivity index is -0.0000000524. The summed E-state index contributed by atoms with van der Waals surface area (Å²) in [6.07, 6.45) is 66.8. The molecule has 0 saturated carbocycles. The van der Waals surface area contributed by atoms with Crippen molar-refractivity contribution in [2.75, 3.05) is 173 Å². The molecule has 0 N–H and O–H groups in total. The lowest BCUT2D eigenvalue weighted by atomic mass is 10.3. The Morgan fingerprint density at radius 1 is 0.224 bits per heavy atom. The molecule has 0 aromatic rings. The fourth-order valence-electron chi connectivity index (χ4n) is 3.76. The number of ether oxygens (including phenoxy) is 16. The fourth-order valence-corrected chi connectivity index (χ4v) is 3.76. The van der Waals surface area contributed by atoms with Gasteiger partial charge in [0.15, 0.2) is 0 Å². The summed E-state index contributed by atoms with van der Waals surface area (Å²) in [5.41, 5.74) is 0. The number of allylic oxidation sites excluding steroid dienone is 13. The molecule has 16 nitrogen and oxygen atoms in total. The molecule has 0 unspecified atom stereocenters. The average Bonchev–Trinajstić information content (AvgIpc) is 3.63. The molecule has 0 fully saturated rings. The highest BCUT2D eigenvalue weighted by Gasteiger charge is 1.78. The van der Waals surface area contributed by atoms with Crippen LogP contribution in [0, 0.1) is 0 Å². The van der Waals surface area contributed by atoms with E-state index in [0.29, 0.717) is 6.61 Å². The summed E-state index contributed by atoms with van der Waals surface area (Å²) in [7, 11) is 26.6. The molecule has 0 aromatic heterocycles. The molecular weight excluding hydrogens is 1240 g/mol. The second-order valence-corrected chi connectivity index (χ2v) is 17.3. The zero-order valence-corrected chi connectivity index (χ0v) is 69.1. The lowest BCUT2D eigenvalue weighted by molar-refractivity contribution is 0.196. The molecule has 0 bridgehead atoms. The van der Waals surface area contributed by atoms with Crippen LogP contribution >= 0.6 is 0 Å². The van der Waals surface area contributed by atoms with Crippen LogP contribution in [-0.4, -0.2) is 173 Å². The third-order valence-electron chi connectivity index (χ3n) is 8.37. The van der Waals surface area contributed by atoms with Crippen LogP contribution in [0.15, 0.2) is 198 Å². The van der Waals surface area contributed by atoms with E-state index in [1.54, 1.807) is 157 Å². The standard InChI is InChI=1S/7C6H12O.5C5H10O.3C4H8O.C3H6O/c7*1-3-4-5-6-7-2;5*1-3-4-5-6-2;3*1-3-4-5-2;1-3-4-2/h2*5-6H,3-4H2,1-2H3;2*4-5H,3,6H2,1-2H3;2*3-4H,5-6H2,1-2H3;3H,1,4-6H2,2H3;2*4-5H,3H2,1-2H3;2*3-4H,5H2,1-2H3;3H,1,4-5H2,2H3;2*3-4H,1-2H3;3H,1,4H2,2H3;3H,1H2,2H3/b6-5+;6-5-;5-4+;5-4-;4-3+;4-3-;;5-4+;5-4-;4-3+;4-3-;;4-3+;4-3-;;. The van der Waals surface area contributed by atoms with Crippen molar-refractivity contribution in [1.29, 1.82) is 0 Å². The van der Waals surface area contributed by atoms with Crippen molar-refractivity contribution >= 4 is 0 Å². The van der Waals surface area contributed by atoms with Gasteiger partial charge < -0.3 is 75.8 Å². The first-order valence-electron chi connectivity index (χ1n) is 33.7. The van der Waals surface area contributed by atoms with Crippen LogP contribution in [-0.2, 0) is 75.8 Å². The summed E-state index contributed by atoms with van der Waals surface area (Å²) in [6.45, 7) is 45.1. The molecule has 0 aliphatic heterocycles. The van der Waals surface area contributed by atoms with Gasteiger partial charge in [-0.05, 0) is 124 Å². The summed E-state index contributed by atoms with van der Waals surface area (Å²) in [6, 6.07) is 0. The lowest BCUT2D eigenvalue weighted by Crippen LogP contribution is -1.84. The summed E-state index contributed by atoms with van der Waals surface area (Å²) in [5.74, 6) is 0. The molecule has 0 heterocycles. The van der Waals surface area contributed by atoms with Crippen LogP contribution < -0.4 is 0 Å². The van der Waals surface area contributed by atoms with Crippen LogP contribution in [0.5, 0.6) is 0 Å². The van der Waals surface area contributed by atoms with Gasteiger partial charge in [0, 0.05) is 90.4 Å². The van der Waals surface area contributed by atoms with Gasteiger partial charge in [-0.15, -0.1) is 19.7 Å². The molecule has 0 rings (SSSR count). The number of hydrogen-bond donors (Lipinski definition) is 0. The van der Waals surface area contributed by atoms with Crippen LogP contribution in [0.1, 0.15) is 167 Å². The van der Waals surface area contributed by atoms with Crippen LogP contribution in [0.2, 0.25) is 0 Å². The Hall–Kier alpha value is -5.92. The van der Waals surface area contributed by atoms with Crippen LogP contribution in [0.4, 0.5) is 0 Å². The van der Waals surface area contributed by atoms with Gasteiger partial charge in [-0.2, -0.15) is 0 Å². The van der Waals surface area contributed by atoms with Gasteiger partial charge in [-0.25, -0.2) is 0 Å². The molecule has 0 atom stereocenters. The predicted octanol–water partition coefficient (Wildman–Crippen LogP) is 22.6. The average molecular weight is 1410 g/mol. The third-order valence-corrected chi connectivity index (χ3v) is 8.37. The first-order valence-corrected chi connectivity index (χ1v) is 33.7. The Morgan fingerprint density at radius 3 is 0.653 bits per heavy atom. The summed E-state index contributed by atoms with van der Waals surface area (Å²) >= 11 is 0. The number of hydrogen-bond acceptors (Lipinski definition) is 16. The SMILES string of the molecule is C/C=C/CCOC.C/C=C/COC.C/C=C/OC.C/C=C\CCOC.C/C=C\COC.C/C=C\OC.C=CCCCOC.C=CCCOC.C=CCOC.C=COC.CC/C=C/COC.CC/C=C/OC.CC/C=C\COC.CC/C=C\OC.CCC/C=C/OC.CCC/C=C\OC. The normalized spacial score (nSPS) is 9.55. The zero-order valence-electron chi connectivity index (χ0n) is 69.1. The highest BCUT2D eigenvalue weighted by molar-refractivity contribution is 4.80. The molecule has 0 radical (unpaired) electrons. The molecule has 0 spiro atoms. The van der Waals surface area contributed by atoms with E-state index in [0.717, 1.165) is 123 Å². The van der Waals surface area contributed by atoms with Crippen LogP contribution in [0.3, 0.4) is 0 Å². The molecular formula is C82H164O16. The highest BCUT2D eigenvalue weighted by Crippen LogP contribution is 1.89. The van der Waals surface area contributed by atoms with E-state index in [4.69, 9.17) is 37.9 Å². The van der Waals surface area contributed by atoms with Crippen molar-refractivity contribution in [3.63, 3.8) is 0 Å². The van der Waals surface area contributed by atoms with Crippen molar-refractivity contribution in [2.24, 2.45) is 0 Å². The number of unbranched alkanes of at least 4 members (excludes halogenated alkanes) is 3. The van der Waals surface area contributed by atoms with E-state index >= 15 is 0 Å². The third kappa shape index (κ3) is 368. The van der Waals surface area contributed by atoms with E-state index in [9.17, 15) is 0 Å². The van der Waals surface area contributed by atoms with Gasteiger partial charge in [0.25, 0.3) is 0 Å². The minimum Gasteiger partial charge on any atom is -0.505 e. The van der Waals surface area contributed by atoms with Gasteiger partial charge in [0.05, 0.1) is 127 Å². The van der Waals surface area contributed by atoms with E-state index in [1.807, 2.05) is 139 Å². The maximum atomic E-state index is 4.80. The predicted molar refractivity (Wildman–Crippen MR) is 435 cm³/mol. The zero-order chi connectivity index (χ0) is 78.7. The highest BCUT2D eigenvalue weighted by atomic mass is 16.5. The monoisotopic (exact) mass is 1410 g/mol. The molecule has 0 aromatic carbocycles. The Morgan fingerprint density at radius 2 is 0.500 bits per heavy atom. The smallest absolute Gasteiger partial charge is 0.0784 e. The maximum Gasteiger partial charge on any atom is 0.0784 e. The number of rotatable bonds is 38. The fraction of sp³-hybridized carbons (Fsp3) is 0.610. The minimum absolute atomic E-state index is 0.653. The Bertz CT molecular complexity index is 1370. The molecule has 0 saturated heterocycles. The van der Waals surface area contributed by atoms with Crippen molar-refractivity contribution < 1.29 is 75.8 Å². The molecule has 588 valence electrons. The number of methoxy groups -OCH3 is 16. The van der Waals surface area contributed by atoms with Gasteiger partial charge in [0.1, 0.15) is 0 Å². The Labute approximate surface area is 610 Å². The molecule has 0 aliphatic carbocycles. The summed E-state index contributed by atoms with van der Waals surface area (Å²) in [5, 5.41) is 0. The van der Waals surface area contributed by atoms with E-state index in [2.05, 4.69) is 130 Å². The van der Waals surface area contributed by atoms with Gasteiger partial charge in [-0.1, -0.05) is 176 Å².